The minimum Gasteiger partial charge on any atom is -0.380 e. The van der Waals surface area contributed by atoms with E-state index in [-0.39, 0.29) is 5.82 Å². The highest BCUT2D eigenvalue weighted by atomic mass is 35.5. The minimum atomic E-state index is -0.335. The number of aromatic nitrogens is 2. The van der Waals surface area contributed by atoms with Crippen LogP contribution in [0.3, 0.4) is 0 Å². The molecule has 2 rings (SSSR count). The van der Waals surface area contributed by atoms with E-state index in [9.17, 15) is 4.39 Å². The lowest BCUT2D eigenvalue weighted by atomic mass is 10.2. The van der Waals surface area contributed by atoms with E-state index in [1.165, 1.54) is 12.1 Å². The summed E-state index contributed by atoms with van der Waals surface area (Å²) in [6, 6.07) is 4.30. The van der Waals surface area contributed by atoms with Gasteiger partial charge in [-0.2, -0.15) is 5.10 Å². The normalized spacial score (nSPS) is 10.6. The van der Waals surface area contributed by atoms with Gasteiger partial charge in [0.15, 0.2) is 0 Å². The van der Waals surface area contributed by atoms with E-state index in [0.29, 0.717) is 11.6 Å². The highest BCUT2D eigenvalue weighted by Crippen LogP contribution is 2.23. The SMILES string of the molecule is Cc1c(CNc2ccc(F)cc2Cl)cnn1C. The Balaban J connectivity index is 2.10. The quantitative estimate of drug-likeness (QED) is 0.911. The summed E-state index contributed by atoms with van der Waals surface area (Å²) in [7, 11) is 1.89. The Morgan fingerprint density at radius 2 is 2.24 bits per heavy atom. The van der Waals surface area contributed by atoms with Gasteiger partial charge in [0.2, 0.25) is 0 Å². The Hall–Kier alpha value is -1.55. The van der Waals surface area contributed by atoms with Crippen LogP contribution in [-0.2, 0) is 13.6 Å². The number of hydrogen-bond acceptors (Lipinski definition) is 2. The topological polar surface area (TPSA) is 29.9 Å². The summed E-state index contributed by atoms with van der Waals surface area (Å²) in [6.07, 6.45) is 1.81. The van der Waals surface area contributed by atoms with Crippen LogP contribution in [0, 0.1) is 12.7 Å². The number of nitrogens with one attached hydrogen (secondary N) is 1. The van der Waals surface area contributed by atoms with Crippen LogP contribution in [0.15, 0.2) is 24.4 Å². The van der Waals surface area contributed by atoms with Crippen molar-refractivity contribution in [1.82, 2.24) is 9.78 Å². The van der Waals surface area contributed by atoms with Gasteiger partial charge in [-0.1, -0.05) is 11.6 Å². The van der Waals surface area contributed by atoms with Crippen molar-refractivity contribution in [3.63, 3.8) is 0 Å². The molecule has 0 radical (unpaired) electrons. The zero-order valence-corrected chi connectivity index (χ0v) is 10.4. The Labute approximate surface area is 104 Å². The molecule has 0 saturated heterocycles. The maximum Gasteiger partial charge on any atom is 0.124 e. The third kappa shape index (κ3) is 2.58. The van der Waals surface area contributed by atoms with Crippen molar-refractivity contribution in [2.45, 2.75) is 13.5 Å². The molecule has 0 saturated carbocycles. The van der Waals surface area contributed by atoms with Crippen LogP contribution in [0.25, 0.3) is 0 Å². The van der Waals surface area contributed by atoms with Gasteiger partial charge in [0, 0.05) is 24.8 Å². The first-order chi connectivity index (χ1) is 8.08. The second-order valence-corrected chi connectivity index (χ2v) is 4.26. The van der Waals surface area contributed by atoms with E-state index >= 15 is 0 Å². The summed E-state index contributed by atoms with van der Waals surface area (Å²) < 4.78 is 14.7. The maximum absolute atomic E-state index is 12.9. The fraction of sp³-hybridized carbons (Fsp3) is 0.250. The first-order valence-corrected chi connectivity index (χ1v) is 5.62. The first kappa shape index (κ1) is 11.9. The molecule has 1 N–H and O–H groups in total. The summed E-state index contributed by atoms with van der Waals surface area (Å²) >= 11 is 5.92. The van der Waals surface area contributed by atoms with Crippen molar-refractivity contribution < 1.29 is 4.39 Å². The predicted octanol–water partition coefficient (Wildman–Crippen LogP) is 3.13. The summed E-state index contributed by atoms with van der Waals surface area (Å²) in [5.41, 5.74) is 2.90. The molecule has 90 valence electrons. The number of nitrogens with zero attached hydrogens (tertiary/aromatic N) is 2. The van der Waals surface area contributed by atoms with Crippen molar-refractivity contribution in [2.75, 3.05) is 5.32 Å². The number of rotatable bonds is 3. The number of halogens is 2. The number of anilines is 1. The smallest absolute Gasteiger partial charge is 0.124 e. The first-order valence-electron chi connectivity index (χ1n) is 5.24. The van der Waals surface area contributed by atoms with Gasteiger partial charge in [0.25, 0.3) is 0 Å². The number of hydrogen-bond donors (Lipinski definition) is 1. The van der Waals surface area contributed by atoms with E-state index in [2.05, 4.69) is 10.4 Å². The average molecular weight is 254 g/mol. The van der Waals surface area contributed by atoms with Crippen LogP contribution in [-0.4, -0.2) is 9.78 Å². The second-order valence-electron chi connectivity index (χ2n) is 3.86. The monoisotopic (exact) mass is 253 g/mol. The predicted molar refractivity (Wildman–Crippen MR) is 66.7 cm³/mol. The average Bonchev–Trinajstić information content (AvgIpc) is 2.59. The Morgan fingerprint density at radius 3 is 2.82 bits per heavy atom. The van der Waals surface area contributed by atoms with Crippen LogP contribution in [0.1, 0.15) is 11.3 Å². The fourth-order valence-corrected chi connectivity index (χ4v) is 1.78. The Kier molecular flexibility index (Phi) is 3.33. The molecule has 0 bridgehead atoms. The molecule has 0 fully saturated rings. The lowest BCUT2D eigenvalue weighted by Crippen LogP contribution is -2.02. The van der Waals surface area contributed by atoms with E-state index in [1.54, 1.807) is 12.3 Å². The van der Waals surface area contributed by atoms with Crippen molar-refractivity contribution >= 4 is 17.3 Å². The Bertz CT molecular complexity index is 537. The van der Waals surface area contributed by atoms with Gasteiger partial charge in [-0.25, -0.2) is 4.39 Å². The molecule has 2 aromatic rings. The molecule has 17 heavy (non-hydrogen) atoms. The zero-order valence-electron chi connectivity index (χ0n) is 9.67. The van der Waals surface area contributed by atoms with Gasteiger partial charge >= 0.3 is 0 Å². The molecule has 1 heterocycles. The van der Waals surface area contributed by atoms with Gasteiger partial charge in [-0.15, -0.1) is 0 Å². The summed E-state index contributed by atoms with van der Waals surface area (Å²) in [6.45, 7) is 2.61. The highest BCUT2D eigenvalue weighted by Gasteiger charge is 2.05. The van der Waals surface area contributed by atoms with Crippen molar-refractivity contribution in [3.05, 3.63) is 46.5 Å². The number of benzene rings is 1. The molecule has 1 aromatic heterocycles. The van der Waals surface area contributed by atoms with Gasteiger partial charge in [-0.3, -0.25) is 4.68 Å². The molecule has 3 nitrogen and oxygen atoms in total. The molecule has 0 aliphatic rings. The lowest BCUT2D eigenvalue weighted by molar-refractivity contribution is 0.628. The molecule has 0 aliphatic carbocycles. The molecular formula is C12H13ClFN3. The molecular weight excluding hydrogens is 241 g/mol. The van der Waals surface area contributed by atoms with Crippen LogP contribution in [0.4, 0.5) is 10.1 Å². The third-order valence-electron chi connectivity index (χ3n) is 2.74. The molecule has 0 spiro atoms. The highest BCUT2D eigenvalue weighted by molar-refractivity contribution is 6.33. The van der Waals surface area contributed by atoms with E-state index in [4.69, 9.17) is 11.6 Å². The molecule has 5 heteroatoms. The largest absolute Gasteiger partial charge is 0.380 e. The second kappa shape index (κ2) is 4.75. The van der Waals surface area contributed by atoms with E-state index in [0.717, 1.165) is 16.9 Å². The van der Waals surface area contributed by atoms with Gasteiger partial charge in [-0.05, 0) is 25.1 Å². The minimum absolute atomic E-state index is 0.335. The van der Waals surface area contributed by atoms with Crippen LogP contribution in [0.2, 0.25) is 5.02 Å². The third-order valence-corrected chi connectivity index (χ3v) is 3.05. The van der Waals surface area contributed by atoms with Gasteiger partial charge < -0.3 is 5.32 Å². The standard InChI is InChI=1S/C12H13ClFN3/c1-8-9(7-16-17(8)2)6-15-12-4-3-10(14)5-11(12)13/h3-5,7,15H,6H2,1-2H3. The van der Waals surface area contributed by atoms with Gasteiger partial charge in [0.1, 0.15) is 5.82 Å². The lowest BCUT2D eigenvalue weighted by Gasteiger charge is -2.08. The molecule has 0 amide bonds. The molecule has 0 atom stereocenters. The summed E-state index contributed by atoms with van der Waals surface area (Å²) in [5, 5.41) is 7.69. The molecule has 0 unspecified atom stereocenters. The summed E-state index contributed by atoms with van der Waals surface area (Å²) in [4.78, 5) is 0. The number of aryl methyl sites for hydroxylation is 1. The van der Waals surface area contributed by atoms with Crippen LogP contribution >= 0.6 is 11.6 Å². The molecule has 1 aromatic carbocycles. The van der Waals surface area contributed by atoms with E-state index < -0.39 is 0 Å². The van der Waals surface area contributed by atoms with Crippen LogP contribution in [0.5, 0.6) is 0 Å². The fourth-order valence-electron chi connectivity index (χ4n) is 1.54. The Morgan fingerprint density at radius 1 is 1.47 bits per heavy atom. The summed E-state index contributed by atoms with van der Waals surface area (Å²) in [5.74, 6) is -0.335. The van der Waals surface area contributed by atoms with Crippen molar-refractivity contribution in [3.8, 4) is 0 Å². The zero-order chi connectivity index (χ0) is 12.4. The van der Waals surface area contributed by atoms with Gasteiger partial charge in [0.05, 0.1) is 16.9 Å². The van der Waals surface area contributed by atoms with Crippen LogP contribution < -0.4 is 5.32 Å². The molecule has 0 aliphatic heterocycles. The van der Waals surface area contributed by atoms with E-state index in [1.807, 2.05) is 18.7 Å². The van der Waals surface area contributed by atoms with Crippen molar-refractivity contribution in [2.24, 2.45) is 7.05 Å². The van der Waals surface area contributed by atoms with Crippen molar-refractivity contribution in [1.29, 1.82) is 0 Å². The maximum atomic E-state index is 12.9.